The fourth-order valence-corrected chi connectivity index (χ4v) is 0.345. The standard InChI is InChI=1S/C7H13N2/c1-4-5-9-6-7(2)8-3/h4,7-8H,1,6H2,2-3H3/q+1. The van der Waals surface area contributed by atoms with Crippen LogP contribution in [-0.4, -0.2) is 19.6 Å². The van der Waals surface area contributed by atoms with E-state index >= 15 is 0 Å². The van der Waals surface area contributed by atoms with Crippen molar-refractivity contribution in [2.75, 3.05) is 13.6 Å². The van der Waals surface area contributed by atoms with Crippen LogP contribution < -0.4 is 5.32 Å². The van der Waals surface area contributed by atoms with Crippen LogP contribution in [0, 0.1) is 6.07 Å². The average molecular weight is 125 g/mol. The molecule has 0 aliphatic rings. The van der Waals surface area contributed by atoms with Crippen molar-refractivity contribution < 1.29 is 0 Å². The largest absolute Gasteiger partial charge is 0.311 e. The minimum absolute atomic E-state index is 0.428. The van der Waals surface area contributed by atoms with Crippen LogP contribution in [0.1, 0.15) is 6.92 Å². The molecular formula is C7H13N2+. The van der Waals surface area contributed by atoms with E-state index in [9.17, 15) is 0 Å². The topological polar surface area (TPSA) is 16.4 Å². The van der Waals surface area contributed by atoms with E-state index in [4.69, 9.17) is 0 Å². The van der Waals surface area contributed by atoms with Crippen molar-refractivity contribution in [3.63, 3.8) is 0 Å². The summed E-state index contributed by atoms with van der Waals surface area (Å²) >= 11 is 0. The van der Waals surface area contributed by atoms with E-state index in [1.807, 2.05) is 7.05 Å². The molecule has 0 saturated heterocycles. The van der Waals surface area contributed by atoms with Crippen LogP contribution in [0.5, 0.6) is 0 Å². The van der Waals surface area contributed by atoms with Gasteiger partial charge in [0.2, 0.25) is 0 Å². The number of likely N-dealkylation sites (N-methyl/N-ethyl adjacent to an activating group) is 1. The Morgan fingerprint density at radius 2 is 2.56 bits per heavy atom. The number of nitrogens with zero attached hydrogens (tertiary/aromatic N) is 1. The first-order valence-corrected chi connectivity index (χ1v) is 3.01. The monoisotopic (exact) mass is 125 g/mol. The van der Waals surface area contributed by atoms with Crippen LogP contribution in [0.25, 0.3) is 4.85 Å². The van der Waals surface area contributed by atoms with Gasteiger partial charge in [0.05, 0.1) is 12.1 Å². The first-order valence-electron chi connectivity index (χ1n) is 3.01. The van der Waals surface area contributed by atoms with Crippen molar-refractivity contribution in [3.8, 4) is 6.07 Å². The number of allylic oxidation sites excluding steroid dienone is 1. The van der Waals surface area contributed by atoms with Gasteiger partial charge in [-0.05, 0) is 14.0 Å². The third kappa shape index (κ3) is 5.05. The van der Waals surface area contributed by atoms with E-state index in [0.717, 1.165) is 6.54 Å². The lowest BCUT2D eigenvalue weighted by atomic mass is 10.3. The Bertz CT molecular complexity index is 130. The molecule has 0 radical (unpaired) electrons. The summed E-state index contributed by atoms with van der Waals surface area (Å²) in [5.41, 5.74) is 0. The lowest BCUT2D eigenvalue weighted by Gasteiger charge is -1.95. The second-order valence-electron chi connectivity index (χ2n) is 1.86. The van der Waals surface area contributed by atoms with Crippen LogP contribution in [0.3, 0.4) is 0 Å². The molecule has 0 aliphatic carbocycles. The molecule has 0 aromatic carbocycles. The highest BCUT2D eigenvalue weighted by Gasteiger charge is 2.00. The second-order valence-corrected chi connectivity index (χ2v) is 1.86. The van der Waals surface area contributed by atoms with Gasteiger partial charge in [-0.1, -0.05) is 11.4 Å². The molecule has 0 fully saturated rings. The zero-order valence-corrected chi connectivity index (χ0v) is 6.02. The van der Waals surface area contributed by atoms with Crippen LogP contribution in [0.15, 0.2) is 12.7 Å². The van der Waals surface area contributed by atoms with E-state index < -0.39 is 0 Å². The minimum atomic E-state index is 0.428. The molecule has 1 N–H and O–H groups in total. The van der Waals surface area contributed by atoms with Gasteiger partial charge < -0.3 is 5.32 Å². The fourth-order valence-electron chi connectivity index (χ4n) is 0.345. The lowest BCUT2D eigenvalue weighted by Crippen LogP contribution is -2.23. The van der Waals surface area contributed by atoms with E-state index in [-0.39, 0.29) is 0 Å². The molecule has 1 atom stereocenters. The normalized spacial score (nSPS) is 11.3. The molecule has 0 spiro atoms. The Morgan fingerprint density at radius 3 is 3.00 bits per heavy atom. The summed E-state index contributed by atoms with van der Waals surface area (Å²) in [6.45, 7) is 6.29. The Balaban J connectivity index is 3.36. The number of nitrogens with one attached hydrogen (secondary N) is 1. The molecule has 0 aliphatic heterocycles. The van der Waals surface area contributed by atoms with Crippen molar-refractivity contribution in [1.29, 1.82) is 0 Å². The quantitative estimate of drug-likeness (QED) is 0.547. The van der Waals surface area contributed by atoms with Gasteiger partial charge in [-0.2, -0.15) is 0 Å². The van der Waals surface area contributed by atoms with Crippen LogP contribution in [-0.2, 0) is 0 Å². The Morgan fingerprint density at radius 1 is 1.89 bits per heavy atom. The maximum Gasteiger partial charge on any atom is 0.302 e. The Kier molecular flexibility index (Phi) is 4.85. The smallest absolute Gasteiger partial charge is 0.302 e. The number of hydrogen-bond donors (Lipinski definition) is 1. The molecule has 0 aromatic rings. The summed E-state index contributed by atoms with van der Waals surface area (Å²) in [4.78, 5) is 3.93. The highest BCUT2D eigenvalue weighted by Crippen LogP contribution is 1.79. The summed E-state index contributed by atoms with van der Waals surface area (Å²) in [6.07, 6.45) is 1.56. The molecule has 1 unspecified atom stereocenters. The summed E-state index contributed by atoms with van der Waals surface area (Å²) in [7, 11) is 1.91. The summed E-state index contributed by atoms with van der Waals surface area (Å²) in [5.74, 6) is 0. The van der Waals surface area contributed by atoms with Gasteiger partial charge in [0.25, 0.3) is 6.54 Å². The molecule has 0 aromatic heterocycles. The molecule has 0 rings (SSSR count). The molecule has 0 heterocycles. The highest BCUT2D eigenvalue weighted by atomic mass is 14.9. The Labute approximate surface area is 56.4 Å². The van der Waals surface area contributed by atoms with Gasteiger partial charge in [-0.3, -0.25) is 0 Å². The summed E-state index contributed by atoms with van der Waals surface area (Å²) in [5, 5.41) is 3.06. The van der Waals surface area contributed by atoms with Crippen molar-refractivity contribution in [1.82, 2.24) is 5.32 Å². The van der Waals surface area contributed by atoms with Gasteiger partial charge in [-0.25, -0.2) is 0 Å². The first kappa shape index (κ1) is 8.19. The molecular weight excluding hydrogens is 112 g/mol. The predicted molar refractivity (Wildman–Crippen MR) is 40.8 cm³/mol. The molecule has 2 heteroatoms. The van der Waals surface area contributed by atoms with E-state index in [1.165, 1.54) is 0 Å². The van der Waals surface area contributed by atoms with Crippen LogP contribution in [0.2, 0.25) is 0 Å². The number of rotatable bonds is 2. The highest BCUT2D eigenvalue weighted by molar-refractivity contribution is 5.04. The second kappa shape index (κ2) is 5.33. The predicted octanol–water partition coefficient (Wildman–Crippen LogP) is 1.11. The summed E-state index contributed by atoms with van der Waals surface area (Å²) in [6, 6.07) is 3.09. The SMILES string of the molecule is C=CC#[N+]CC(C)NC. The van der Waals surface area contributed by atoms with Gasteiger partial charge in [0.1, 0.15) is 0 Å². The third-order valence-electron chi connectivity index (χ3n) is 1.04. The van der Waals surface area contributed by atoms with Gasteiger partial charge >= 0.3 is 6.07 Å². The number of hydrogen-bond acceptors (Lipinski definition) is 1. The molecule has 0 amide bonds. The van der Waals surface area contributed by atoms with Crippen LogP contribution >= 0.6 is 0 Å². The molecule has 0 saturated carbocycles. The molecule has 0 bridgehead atoms. The van der Waals surface area contributed by atoms with Gasteiger partial charge in [-0.15, -0.1) is 0 Å². The van der Waals surface area contributed by atoms with Crippen molar-refractivity contribution in [2.45, 2.75) is 13.0 Å². The van der Waals surface area contributed by atoms with Crippen LogP contribution in [0.4, 0.5) is 0 Å². The van der Waals surface area contributed by atoms with Crippen molar-refractivity contribution in [3.05, 3.63) is 17.5 Å². The molecule has 50 valence electrons. The maximum absolute atomic E-state index is 3.93. The third-order valence-corrected chi connectivity index (χ3v) is 1.04. The van der Waals surface area contributed by atoms with Gasteiger partial charge in [0.15, 0.2) is 0 Å². The Hall–Kier alpha value is -0.810. The van der Waals surface area contributed by atoms with E-state index in [0.29, 0.717) is 6.04 Å². The maximum atomic E-state index is 3.93. The first-order chi connectivity index (χ1) is 4.31. The zero-order chi connectivity index (χ0) is 7.11. The van der Waals surface area contributed by atoms with E-state index in [2.05, 4.69) is 29.7 Å². The molecule has 9 heavy (non-hydrogen) atoms. The minimum Gasteiger partial charge on any atom is -0.311 e. The van der Waals surface area contributed by atoms with Gasteiger partial charge in [0, 0.05) is 0 Å². The van der Waals surface area contributed by atoms with Crippen molar-refractivity contribution >= 4 is 0 Å². The average Bonchev–Trinajstić information content (AvgIpc) is 1.89. The zero-order valence-electron chi connectivity index (χ0n) is 6.02. The lowest BCUT2D eigenvalue weighted by molar-refractivity contribution is 0.653. The molecule has 2 nitrogen and oxygen atoms in total. The summed E-state index contributed by atoms with van der Waals surface area (Å²) < 4.78 is 0. The fraction of sp³-hybridized carbons (Fsp3) is 0.571. The van der Waals surface area contributed by atoms with E-state index in [1.54, 1.807) is 6.08 Å². The van der Waals surface area contributed by atoms with Crippen molar-refractivity contribution in [2.24, 2.45) is 0 Å².